The van der Waals surface area contributed by atoms with Gasteiger partial charge in [0.2, 0.25) is 21.8 Å². The van der Waals surface area contributed by atoms with Gasteiger partial charge in [-0.2, -0.15) is 0 Å². The van der Waals surface area contributed by atoms with Crippen molar-refractivity contribution < 1.29 is 22.4 Å². The second kappa shape index (κ2) is 12.3. The van der Waals surface area contributed by atoms with E-state index in [4.69, 9.17) is 34.8 Å². The number of amides is 2. The number of nitrogens with zero attached hydrogens (tertiary/aromatic N) is 2. The lowest BCUT2D eigenvalue weighted by atomic mass is 10.1. The van der Waals surface area contributed by atoms with E-state index in [9.17, 15) is 22.4 Å². The summed E-state index contributed by atoms with van der Waals surface area (Å²) in [6, 6.07) is 6.97. The van der Waals surface area contributed by atoms with Gasteiger partial charge in [-0.05, 0) is 56.2 Å². The number of hydrogen-bond acceptors (Lipinski definition) is 4. The molecular formula is C23H27Cl3FN3O4S. The Bertz CT molecular complexity index is 1200. The lowest BCUT2D eigenvalue weighted by molar-refractivity contribution is -0.139. The van der Waals surface area contributed by atoms with Gasteiger partial charge in [-0.15, -0.1) is 0 Å². The molecular weight excluding hydrogens is 540 g/mol. The van der Waals surface area contributed by atoms with Crippen LogP contribution in [0.4, 0.5) is 10.1 Å². The van der Waals surface area contributed by atoms with E-state index in [1.165, 1.54) is 17.0 Å². The van der Waals surface area contributed by atoms with Gasteiger partial charge < -0.3 is 10.2 Å². The highest BCUT2D eigenvalue weighted by Crippen LogP contribution is 2.26. The molecule has 0 aliphatic carbocycles. The molecule has 0 unspecified atom stereocenters. The van der Waals surface area contributed by atoms with Gasteiger partial charge in [-0.25, -0.2) is 12.8 Å². The summed E-state index contributed by atoms with van der Waals surface area (Å²) in [5.74, 6) is -1.81. The molecule has 7 nitrogen and oxygen atoms in total. The summed E-state index contributed by atoms with van der Waals surface area (Å²) in [5, 5.41) is 3.21. The topological polar surface area (TPSA) is 86.8 Å². The third-order valence-corrected chi connectivity index (χ3v) is 7.41. The van der Waals surface area contributed by atoms with Crippen molar-refractivity contribution in [2.45, 2.75) is 45.8 Å². The minimum absolute atomic E-state index is 0.00781. The van der Waals surface area contributed by atoms with Crippen LogP contribution in [0.15, 0.2) is 36.4 Å². The molecule has 0 saturated carbocycles. The van der Waals surface area contributed by atoms with Crippen LogP contribution in [0.2, 0.25) is 15.1 Å². The van der Waals surface area contributed by atoms with Crippen molar-refractivity contribution in [2.24, 2.45) is 0 Å². The molecule has 2 rings (SSSR count). The Morgan fingerprint density at radius 1 is 1.06 bits per heavy atom. The van der Waals surface area contributed by atoms with E-state index in [0.717, 1.165) is 22.7 Å². The van der Waals surface area contributed by atoms with E-state index in [2.05, 4.69) is 5.32 Å². The molecule has 0 bridgehead atoms. The van der Waals surface area contributed by atoms with Crippen LogP contribution >= 0.6 is 34.8 Å². The van der Waals surface area contributed by atoms with Gasteiger partial charge in [0.05, 0.1) is 17.0 Å². The fourth-order valence-corrected chi connectivity index (χ4v) is 4.62. The highest BCUT2D eigenvalue weighted by molar-refractivity contribution is 7.92. The zero-order chi connectivity index (χ0) is 26.5. The standard InChI is InChI=1S/C23H27Cl3FN3O4S/c1-5-14(2)28-23(32)15(3)29(12-16-6-7-17(24)10-19(16)25)22(31)13-30(35(4,33)34)18-8-9-21(27)20(26)11-18/h6-11,14-15H,5,12-13H2,1-4H3,(H,28,32)/t14-,15-/m0/s1. The van der Waals surface area contributed by atoms with Gasteiger partial charge in [0.25, 0.3) is 0 Å². The van der Waals surface area contributed by atoms with Crippen LogP contribution in [0.5, 0.6) is 0 Å². The Labute approximate surface area is 220 Å². The molecule has 192 valence electrons. The molecule has 0 spiro atoms. The maximum absolute atomic E-state index is 13.6. The maximum Gasteiger partial charge on any atom is 0.244 e. The number of rotatable bonds is 10. The number of halogens is 4. The number of carbonyl (C=O) groups is 2. The molecule has 0 aliphatic heterocycles. The Balaban J connectivity index is 2.44. The molecule has 0 radical (unpaired) electrons. The zero-order valence-electron chi connectivity index (χ0n) is 19.7. The molecule has 12 heteroatoms. The molecule has 2 aromatic carbocycles. The fraction of sp³-hybridized carbons (Fsp3) is 0.391. The van der Waals surface area contributed by atoms with E-state index in [-0.39, 0.29) is 28.3 Å². The predicted molar refractivity (Wildman–Crippen MR) is 138 cm³/mol. The average Bonchev–Trinajstić information content (AvgIpc) is 2.77. The third-order valence-electron chi connectivity index (χ3n) is 5.39. The first-order valence-electron chi connectivity index (χ1n) is 10.7. The summed E-state index contributed by atoms with van der Waals surface area (Å²) in [5.41, 5.74) is 0.525. The number of anilines is 1. The summed E-state index contributed by atoms with van der Waals surface area (Å²) in [6.07, 6.45) is 1.60. The lowest BCUT2D eigenvalue weighted by Gasteiger charge is -2.32. The molecule has 35 heavy (non-hydrogen) atoms. The van der Waals surface area contributed by atoms with Crippen molar-refractivity contribution in [3.63, 3.8) is 0 Å². The third kappa shape index (κ3) is 7.96. The van der Waals surface area contributed by atoms with Crippen molar-refractivity contribution in [1.29, 1.82) is 0 Å². The van der Waals surface area contributed by atoms with Gasteiger partial charge in [0.15, 0.2) is 0 Å². The van der Waals surface area contributed by atoms with Crippen LogP contribution in [0.1, 0.15) is 32.8 Å². The number of hydrogen-bond donors (Lipinski definition) is 1. The first kappa shape index (κ1) is 29.2. The van der Waals surface area contributed by atoms with Crippen molar-refractivity contribution in [3.8, 4) is 0 Å². The molecule has 0 aliphatic rings. The average molecular weight is 567 g/mol. The van der Waals surface area contributed by atoms with Gasteiger partial charge >= 0.3 is 0 Å². The SMILES string of the molecule is CC[C@H](C)NC(=O)[C@H](C)N(Cc1ccc(Cl)cc1Cl)C(=O)CN(c1ccc(F)c(Cl)c1)S(C)(=O)=O. The van der Waals surface area contributed by atoms with Crippen molar-refractivity contribution >= 4 is 62.3 Å². The van der Waals surface area contributed by atoms with Crippen molar-refractivity contribution in [1.82, 2.24) is 10.2 Å². The number of nitrogens with one attached hydrogen (secondary N) is 1. The molecule has 0 aromatic heterocycles. The van der Waals surface area contributed by atoms with Crippen LogP contribution in [0.25, 0.3) is 0 Å². The molecule has 2 atom stereocenters. The molecule has 0 fully saturated rings. The van der Waals surface area contributed by atoms with Gasteiger partial charge in [-0.1, -0.05) is 47.8 Å². The minimum atomic E-state index is -3.97. The monoisotopic (exact) mass is 565 g/mol. The first-order valence-corrected chi connectivity index (χ1v) is 13.7. The van der Waals surface area contributed by atoms with E-state index in [1.54, 1.807) is 19.1 Å². The van der Waals surface area contributed by atoms with Gasteiger partial charge in [0, 0.05) is 22.6 Å². The highest BCUT2D eigenvalue weighted by atomic mass is 35.5. The molecule has 1 N–H and O–H groups in total. The van der Waals surface area contributed by atoms with Crippen LogP contribution < -0.4 is 9.62 Å². The number of benzene rings is 2. The summed E-state index contributed by atoms with van der Waals surface area (Å²) in [6.45, 7) is 4.55. The summed E-state index contributed by atoms with van der Waals surface area (Å²) in [7, 11) is -3.97. The Kier molecular flexibility index (Phi) is 10.2. The Morgan fingerprint density at radius 2 is 1.71 bits per heavy atom. The number of carbonyl (C=O) groups excluding carboxylic acids is 2. The van der Waals surface area contributed by atoms with Gasteiger partial charge in [0.1, 0.15) is 18.4 Å². The number of sulfonamides is 1. The minimum Gasteiger partial charge on any atom is -0.352 e. The van der Waals surface area contributed by atoms with E-state index < -0.39 is 40.2 Å². The molecule has 2 aromatic rings. The summed E-state index contributed by atoms with van der Waals surface area (Å²) < 4.78 is 39.5. The summed E-state index contributed by atoms with van der Waals surface area (Å²) >= 11 is 18.1. The predicted octanol–water partition coefficient (Wildman–Crippen LogP) is 4.88. The van der Waals surface area contributed by atoms with E-state index in [0.29, 0.717) is 17.0 Å². The molecule has 0 heterocycles. The molecule has 2 amide bonds. The van der Waals surface area contributed by atoms with Crippen molar-refractivity contribution in [3.05, 3.63) is 62.8 Å². The summed E-state index contributed by atoms with van der Waals surface area (Å²) in [4.78, 5) is 27.6. The van der Waals surface area contributed by atoms with Gasteiger partial charge in [-0.3, -0.25) is 13.9 Å². The Morgan fingerprint density at radius 3 is 2.26 bits per heavy atom. The largest absolute Gasteiger partial charge is 0.352 e. The first-order chi connectivity index (χ1) is 16.2. The van der Waals surface area contributed by atoms with Crippen LogP contribution in [0, 0.1) is 5.82 Å². The lowest BCUT2D eigenvalue weighted by Crippen LogP contribution is -2.52. The quantitative estimate of drug-likeness (QED) is 0.444. The van der Waals surface area contributed by atoms with Crippen LogP contribution in [0.3, 0.4) is 0 Å². The second-order valence-electron chi connectivity index (χ2n) is 8.12. The zero-order valence-corrected chi connectivity index (χ0v) is 22.8. The highest BCUT2D eigenvalue weighted by Gasteiger charge is 2.31. The van der Waals surface area contributed by atoms with Crippen LogP contribution in [-0.2, 0) is 26.2 Å². The van der Waals surface area contributed by atoms with E-state index >= 15 is 0 Å². The maximum atomic E-state index is 13.6. The normalized spacial score (nSPS) is 13.1. The fourth-order valence-electron chi connectivity index (χ4n) is 3.14. The second-order valence-corrected chi connectivity index (χ2v) is 11.3. The van der Waals surface area contributed by atoms with Crippen LogP contribution in [-0.4, -0.2) is 50.0 Å². The smallest absolute Gasteiger partial charge is 0.244 e. The van der Waals surface area contributed by atoms with E-state index in [1.807, 2.05) is 13.8 Å². The van der Waals surface area contributed by atoms with Crippen molar-refractivity contribution in [2.75, 3.05) is 17.1 Å². The molecule has 0 saturated heterocycles. The Hall–Kier alpha value is -2.07.